The van der Waals surface area contributed by atoms with Crippen molar-refractivity contribution in [2.24, 2.45) is 7.05 Å². The molecule has 2 rings (SSSR count). The van der Waals surface area contributed by atoms with E-state index in [1.807, 2.05) is 52.1 Å². The van der Waals surface area contributed by atoms with Gasteiger partial charge in [0.15, 0.2) is 0 Å². The Kier molecular flexibility index (Phi) is 3.90. The molecule has 0 spiro atoms. The maximum Gasteiger partial charge on any atom is 0.119 e. The van der Waals surface area contributed by atoms with Crippen LogP contribution in [0.3, 0.4) is 0 Å². The maximum atomic E-state index is 10.6. The van der Waals surface area contributed by atoms with Gasteiger partial charge < -0.3 is 9.84 Å². The summed E-state index contributed by atoms with van der Waals surface area (Å²) in [6.07, 6.45) is -0.672. The summed E-state index contributed by atoms with van der Waals surface area (Å²) in [6, 6.07) is 7.56. The molecule has 1 aromatic heterocycles. The molecule has 102 valence electrons. The lowest BCUT2D eigenvalue weighted by Crippen LogP contribution is -2.04. The van der Waals surface area contributed by atoms with Gasteiger partial charge in [0, 0.05) is 18.3 Å². The van der Waals surface area contributed by atoms with Crippen LogP contribution in [0.4, 0.5) is 0 Å². The Morgan fingerprint density at radius 2 is 2.11 bits per heavy atom. The van der Waals surface area contributed by atoms with Gasteiger partial charge in [0.25, 0.3) is 0 Å². The van der Waals surface area contributed by atoms with Crippen LogP contribution >= 0.6 is 0 Å². The maximum absolute atomic E-state index is 10.6. The number of hydrogen-bond donors (Lipinski definition) is 1. The second-order valence-electron chi connectivity index (χ2n) is 4.62. The Morgan fingerprint density at radius 3 is 2.68 bits per heavy atom. The minimum Gasteiger partial charge on any atom is -0.494 e. The summed E-state index contributed by atoms with van der Waals surface area (Å²) in [4.78, 5) is 0. The van der Waals surface area contributed by atoms with Gasteiger partial charge in [-0.05, 0) is 38.5 Å². The van der Waals surface area contributed by atoms with Gasteiger partial charge in [-0.2, -0.15) is 5.10 Å². The topological polar surface area (TPSA) is 47.3 Å². The molecular formula is C15H20N2O2. The first kappa shape index (κ1) is 13.6. The molecule has 4 heteroatoms. The van der Waals surface area contributed by atoms with Crippen molar-refractivity contribution in [3.05, 3.63) is 46.8 Å². The predicted octanol–water partition coefficient (Wildman–Crippen LogP) is 2.52. The van der Waals surface area contributed by atoms with Crippen LogP contribution in [0.1, 0.15) is 35.5 Å². The lowest BCUT2D eigenvalue weighted by atomic mass is 10.00. The highest BCUT2D eigenvalue weighted by atomic mass is 16.5. The summed E-state index contributed by atoms with van der Waals surface area (Å²) in [5.74, 6) is 0.776. The minimum absolute atomic E-state index is 0.616. The van der Waals surface area contributed by atoms with Crippen molar-refractivity contribution in [1.29, 1.82) is 0 Å². The summed E-state index contributed by atoms with van der Waals surface area (Å²) in [5.41, 5.74) is 3.53. The molecule has 1 atom stereocenters. The molecule has 1 unspecified atom stereocenters. The summed E-state index contributed by atoms with van der Waals surface area (Å²) in [7, 11) is 1.88. The zero-order valence-corrected chi connectivity index (χ0v) is 11.8. The molecule has 1 aromatic carbocycles. The van der Waals surface area contributed by atoms with Crippen molar-refractivity contribution >= 4 is 0 Å². The van der Waals surface area contributed by atoms with E-state index in [0.29, 0.717) is 6.61 Å². The van der Waals surface area contributed by atoms with E-state index < -0.39 is 6.10 Å². The van der Waals surface area contributed by atoms with E-state index in [-0.39, 0.29) is 0 Å². The molecule has 2 aromatic rings. The van der Waals surface area contributed by atoms with Crippen molar-refractivity contribution in [2.75, 3.05) is 6.61 Å². The molecule has 0 bridgehead atoms. The first-order valence-electron chi connectivity index (χ1n) is 6.45. The second-order valence-corrected chi connectivity index (χ2v) is 4.62. The number of nitrogens with zero attached hydrogens (tertiary/aromatic N) is 2. The van der Waals surface area contributed by atoms with Crippen LogP contribution in [0.15, 0.2) is 24.3 Å². The fourth-order valence-corrected chi connectivity index (χ4v) is 2.29. The SMILES string of the molecule is CCOc1cccc(C(O)c2c(C)nn(C)c2C)c1. The summed E-state index contributed by atoms with van der Waals surface area (Å²) in [6.45, 7) is 6.44. The highest BCUT2D eigenvalue weighted by molar-refractivity contribution is 5.38. The van der Waals surface area contributed by atoms with Gasteiger partial charge in [0.2, 0.25) is 0 Å². The quantitative estimate of drug-likeness (QED) is 0.919. The number of aromatic nitrogens is 2. The number of aryl methyl sites for hydroxylation is 2. The van der Waals surface area contributed by atoms with Crippen LogP contribution < -0.4 is 4.74 Å². The van der Waals surface area contributed by atoms with Gasteiger partial charge in [-0.25, -0.2) is 0 Å². The molecule has 0 aliphatic heterocycles. The van der Waals surface area contributed by atoms with E-state index in [1.165, 1.54) is 0 Å². The molecule has 0 saturated carbocycles. The molecular weight excluding hydrogens is 240 g/mol. The Morgan fingerprint density at radius 1 is 1.37 bits per heavy atom. The van der Waals surface area contributed by atoms with Crippen molar-refractivity contribution in [3.63, 3.8) is 0 Å². The highest BCUT2D eigenvalue weighted by Gasteiger charge is 2.19. The first-order valence-corrected chi connectivity index (χ1v) is 6.45. The zero-order chi connectivity index (χ0) is 14.0. The molecule has 4 nitrogen and oxygen atoms in total. The average molecular weight is 260 g/mol. The molecule has 0 fully saturated rings. The Hall–Kier alpha value is -1.81. The Labute approximate surface area is 113 Å². The number of ether oxygens (including phenoxy) is 1. The normalized spacial score (nSPS) is 12.5. The van der Waals surface area contributed by atoms with Crippen LogP contribution in [-0.4, -0.2) is 21.5 Å². The summed E-state index contributed by atoms with van der Waals surface area (Å²) >= 11 is 0. The molecule has 0 aliphatic rings. The van der Waals surface area contributed by atoms with Crippen LogP contribution in [0.2, 0.25) is 0 Å². The van der Waals surface area contributed by atoms with Gasteiger partial charge in [-0.1, -0.05) is 12.1 Å². The van der Waals surface area contributed by atoms with Crippen molar-refractivity contribution in [1.82, 2.24) is 9.78 Å². The van der Waals surface area contributed by atoms with Gasteiger partial charge >= 0.3 is 0 Å². The monoisotopic (exact) mass is 260 g/mol. The largest absolute Gasteiger partial charge is 0.494 e. The lowest BCUT2D eigenvalue weighted by molar-refractivity contribution is 0.218. The Balaban J connectivity index is 2.38. The first-order chi connectivity index (χ1) is 9.04. The van der Waals surface area contributed by atoms with Crippen LogP contribution in [0.25, 0.3) is 0 Å². The molecule has 19 heavy (non-hydrogen) atoms. The van der Waals surface area contributed by atoms with E-state index in [2.05, 4.69) is 5.10 Å². The molecule has 1 heterocycles. The molecule has 0 saturated heterocycles. The Bertz CT molecular complexity index is 576. The van der Waals surface area contributed by atoms with E-state index in [0.717, 1.165) is 28.3 Å². The predicted molar refractivity (Wildman–Crippen MR) is 74.4 cm³/mol. The number of benzene rings is 1. The number of aliphatic hydroxyl groups excluding tert-OH is 1. The van der Waals surface area contributed by atoms with E-state index >= 15 is 0 Å². The smallest absolute Gasteiger partial charge is 0.119 e. The molecule has 0 amide bonds. The second kappa shape index (κ2) is 5.45. The van der Waals surface area contributed by atoms with Crippen LogP contribution in [0.5, 0.6) is 5.75 Å². The third-order valence-electron chi connectivity index (χ3n) is 3.32. The fourth-order valence-electron chi connectivity index (χ4n) is 2.29. The standard InChI is InChI=1S/C15H20N2O2/c1-5-19-13-8-6-7-12(9-13)15(18)14-10(2)16-17(4)11(14)3/h6-9,15,18H,5H2,1-4H3. The van der Waals surface area contributed by atoms with E-state index in [9.17, 15) is 5.11 Å². The van der Waals surface area contributed by atoms with Crippen molar-refractivity contribution in [2.45, 2.75) is 26.9 Å². The average Bonchev–Trinajstić information content (AvgIpc) is 2.63. The number of aliphatic hydroxyl groups is 1. The summed E-state index contributed by atoms with van der Waals surface area (Å²) in [5, 5.41) is 14.9. The third-order valence-corrected chi connectivity index (χ3v) is 3.32. The van der Waals surface area contributed by atoms with Gasteiger partial charge in [0.05, 0.1) is 12.3 Å². The van der Waals surface area contributed by atoms with Crippen LogP contribution in [-0.2, 0) is 7.05 Å². The highest BCUT2D eigenvalue weighted by Crippen LogP contribution is 2.29. The summed E-state index contributed by atoms with van der Waals surface area (Å²) < 4.78 is 7.26. The van der Waals surface area contributed by atoms with Gasteiger partial charge in [-0.3, -0.25) is 4.68 Å². The fraction of sp³-hybridized carbons (Fsp3) is 0.400. The van der Waals surface area contributed by atoms with Crippen molar-refractivity contribution in [3.8, 4) is 5.75 Å². The molecule has 0 radical (unpaired) electrons. The zero-order valence-electron chi connectivity index (χ0n) is 11.8. The molecule has 1 N–H and O–H groups in total. The molecule has 0 aliphatic carbocycles. The lowest BCUT2D eigenvalue weighted by Gasteiger charge is -2.13. The van der Waals surface area contributed by atoms with Gasteiger partial charge in [0.1, 0.15) is 11.9 Å². The van der Waals surface area contributed by atoms with Crippen LogP contribution in [0, 0.1) is 13.8 Å². The third kappa shape index (κ3) is 2.63. The van der Waals surface area contributed by atoms with Crippen molar-refractivity contribution < 1.29 is 9.84 Å². The minimum atomic E-state index is -0.672. The van der Waals surface area contributed by atoms with Gasteiger partial charge in [-0.15, -0.1) is 0 Å². The number of rotatable bonds is 4. The number of hydrogen-bond acceptors (Lipinski definition) is 3. The van der Waals surface area contributed by atoms with E-state index in [1.54, 1.807) is 4.68 Å². The van der Waals surface area contributed by atoms with E-state index in [4.69, 9.17) is 4.74 Å².